The van der Waals surface area contributed by atoms with Gasteiger partial charge in [-0.3, -0.25) is 9.59 Å². The highest BCUT2D eigenvalue weighted by molar-refractivity contribution is 5.95. The van der Waals surface area contributed by atoms with Gasteiger partial charge in [-0.25, -0.2) is 4.98 Å². The van der Waals surface area contributed by atoms with E-state index in [1.54, 1.807) is 42.5 Å². The van der Waals surface area contributed by atoms with Crippen LogP contribution in [0, 0.1) is 11.3 Å². The van der Waals surface area contributed by atoms with Gasteiger partial charge in [0.05, 0.1) is 17.1 Å². The Morgan fingerprint density at radius 3 is 2.69 bits per heavy atom. The highest BCUT2D eigenvalue weighted by Crippen LogP contribution is 2.25. The van der Waals surface area contributed by atoms with Crippen molar-refractivity contribution >= 4 is 22.7 Å². The van der Waals surface area contributed by atoms with Gasteiger partial charge in [-0.1, -0.05) is 6.07 Å². The summed E-state index contributed by atoms with van der Waals surface area (Å²) in [7, 11) is 0. The Balaban J connectivity index is 1.48. The molecule has 2 heterocycles. The van der Waals surface area contributed by atoms with Gasteiger partial charge in [-0.2, -0.15) is 5.26 Å². The van der Waals surface area contributed by atoms with Crippen LogP contribution in [0.4, 0.5) is 0 Å². The number of aromatic nitrogens is 1. The Hall–Kier alpha value is -3.92. The van der Waals surface area contributed by atoms with E-state index >= 15 is 0 Å². The van der Waals surface area contributed by atoms with Gasteiger partial charge in [0.1, 0.15) is 17.2 Å². The van der Waals surface area contributed by atoms with Crippen LogP contribution in [0.3, 0.4) is 0 Å². The quantitative estimate of drug-likeness (QED) is 0.717. The van der Waals surface area contributed by atoms with E-state index < -0.39 is 0 Å². The summed E-state index contributed by atoms with van der Waals surface area (Å²) in [6.07, 6.45) is 0.997. The molecule has 1 fully saturated rings. The topological polar surface area (TPSA) is 104 Å². The maximum absolute atomic E-state index is 12.5. The molecule has 1 saturated heterocycles. The molecule has 3 aromatic rings. The number of nitrogens with one attached hydrogen (secondary N) is 2. The minimum Gasteiger partial charge on any atom is -0.457 e. The summed E-state index contributed by atoms with van der Waals surface area (Å²) in [4.78, 5) is 28.4. The van der Waals surface area contributed by atoms with E-state index in [1.807, 2.05) is 12.1 Å². The van der Waals surface area contributed by atoms with E-state index in [9.17, 15) is 9.59 Å². The number of piperidine rings is 1. The van der Waals surface area contributed by atoms with Gasteiger partial charge in [0.25, 0.3) is 5.91 Å². The molecule has 29 heavy (non-hydrogen) atoms. The summed E-state index contributed by atoms with van der Waals surface area (Å²) in [5.74, 6) is 0.922. The number of hydrogen-bond acceptors (Lipinski definition) is 5. The first kappa shape index (κ1) is 18.4. The Morgan fingerprint density at radius 1 is 1.14 bits per heavy atom. The third kappa shape index (κ3) is 4.33. The number of rotatable bonds is 4. The number of benzene rings is 2. The molecule has 0 unspecified atom stereocenters. The first-order chi connectivity index (χ1) is 14.1. The fourth-order valence-corrected chi connectivity index (χ4v) is 3.19. The summed E-state index contributed by atoms with van der Waals surface area (Å²) in [5.41, 5.74) is 1.55. The Kier molecular flexibility index (Phi) is 5.08. The van der Waals surface area contributed by atoms with Gasteiger partial charge in [-0.05, 0) is 55.0 Å². The number of pyridine rings is 1. The number of carbonyl (C=O) groups is 2. The molecule has 0 spiro atoms. The molecular weight excluding hydrogens is 368 g/mol. The van der Waals surface area contributed by atoms with Crippen LogP contribution < -0.4 is 15.4 Å². The van der Waals surface area contributed by atoms with Crippen LogP contribution in [-0.2, 0) is 4.79 Å². The fraction of sp³-hybridized carbons (Fsp3) is 0.182. The van der Waals surface area contributed by atoms with Crippen LogP contribution in [0.25, 0.3) is 10.9 Å². The molecule has 7 heteroatoms. The van der Waals surface area contributed by atoms with Crippen molar-refractivity contribution in [2.75, 3.05) is 6.54 Å². The van der Waals surface area contributed by atoms with Gasteiger partial charge < -0.3 is 15.4 Å². The molecule has 0 bridgehead atoms. The number of amides is 2. The van der Waals surface area contributed by atoms with Crippen LogP contribution in [0.5, 0.6) is 11.5 Å². The van der Waals surface area contributed by atoms with Crippen LogP contribution in [0.15, 0.2) is 54.6 Å². The van der Waals surface area contributed by atoms with Crippen molar-refractivity contribution in [3.05, 3.63) is 65.9 Å². The second kappa shape index (κ2) is 7.98. The average Bonchev–Trinajstić information content (AvgIpc) is 2.74. The third-order valence-corrected chi connectivity index (χ3v) is 4.69. The van der Waals surface area contributed by atoms with E-state index in [0.29, 0.717) is 41.2 Å². The fourth-order valence-electron chi connectivity index (χ4n) is 3.19. The Labute approximate surface area is 167 Å². The molecule has 0 saturated carbocycles. The summed E-state index contributed by atoms with van der Waals surface area (Å²) >= 11 is 0. The maximum atomic E-state index is 12.5. The number of nitrogens with zero attached hydrogens (tertiary/aromatic N) is 2. The molecule has 2 aromatic carbocycles. The van der Waals surface area contributed by atoms with Gasteiger partial charge in [-0.15, -0.1) is 0 Å². The van der Waals surface area contributed by atoms with Crippen molar-refractivity contribution in [3.8, 4) is 17.6 Å². The summed E-state index contributed by atoms with van der Waals surface area (Å²) < 4.78 is 5.82. The highest BCUT2D eigenvalue weighted by atomic mass is 16.5. The van der Waals surface area contributed by atoms with E-state index in [4.69, 9.17) is 10.00 Å². The normalized spacial score (nSPS) is 16.0. The van der Waals surface area contributed by atoms with Crippen molar-refractivity contribution in [1.82, 2.24) is 15.6 Å². The molecule has 1 aliphatic rings. The van der Waals surface area contributed by atoms with Gasteiger partial charge >= 0.3 is 0 Å². The van der Waals surface area contributed by atoms with Crippen molar-refractivity contribution in [1.29, 1.82) is 5.26 Å². The predicted molar refractivity (Wildman–Crippen MR) is 106 cm³/mol. The van der Waals surface area contributed by atoms with E-state index in [1.165, 1.54) is 0 Å². The van der Waals surface area contributed by atoms with Crippen LogP contribution in [0.1, 0.15) is 28.9 Å². The molecule has 0 radical (unpaired) electrons. The second-order valence-electron chi connectivity index (χ2n) is 6.80. The summed E-state index contributed by atoms with van der Waals surface area (Å²) in [5, 5.41) is 15.3. The molecule has 144 valence electrons. The minimum atomic E-state index is -0.287. The van der Waals surface area contributed by atoms with Crippen molar-refractivity contribution in [2.24, 2.45) is 0 Å². The highest BCUT2D eigenvalue weighted by Gasteiger charge is 2.21. The number of hydrogen-bond donors (Lipinski definition) is 2. The minimum absolute atomic E-state index is 0.0530. The van der Waals surface area contributed by atoms with Crippen molar-refractivity contribution in [3.63, 3.8) is 0 Å². The second-order valence-corrected chi connectivity index (χ2v) is 6.80. The van der Waals surface area contributed by atoms with E-state index in [-0.39, 0.29) is 24.3 Å². The zero-order valence-corrected chi connectivity index (χ0v) is 15.5. The van der Waals surface area contributed by atoms with Crippen LogP contribution >= 0.6 is 0 Å². The smallest absolute Gasteiger partial charge is 0.270 e. The summed E-state index contributed by atoms with van der Waals surface area (Å²) in [6, 6.07) is 17.6. The summed E-state index contributed by atoms with van der Waals surface area (Å²) in [6.45, 7) is 0.566. The molecule has 7 nitrogen and oxygen atoms in total. The van der Waals surface area contributed by atoms with Crippen LogP contribution in [-0.4, -0.2) is 29.4 Å². The van der Waals surface area contributed by atoms with Gasteiger partial charge in [0.2, 0.25) is 5.91 Å². The standard InChI is InChI=1S/C22H18N4O3/c23-13-14-1-4-17(5-2-14)29-18-6-8-19-15(11-18)3-7-20(26-19)22(28)25-16-9-10-24-21(27)12-16/h1-8,11,16H,9-10,12H2,(H,24,27)(H,25,28)/t16-/m1/s1. The predicted octanol–water partition coefficient (Wildman–Crippen LogP) is 2.91. The molecule has 0 aliphatic carbocycles. The number of nitriles is 1. The molecule has 2 amide bonds. The van der Waals surface area contributed by atoms with Gasteiger partial charge in [0, 0.05) is 24.4 Å². The SMILES string of the molecule is N#Cc1ccc(Oc2ccc3nc(C(=O)N[C@@H]4CCNC(=O)C4)ccc3c2)cc1. The van der Waals surface area contributed by atoms with Crippen LogP contribution in [0.2, 0.25) is 0 Å². The van der Waals surface area contributed by atoms with E-state index in [0.717, 1.165) is 5.39 Å². The lowest BCUT2D eigenvalue weighted by Crippen LogP contribution is -2.45. The Bertz CT molecular complexity index is 1120. The molecular formula is C22H18N4O3. The molecule has 4 rings (SSSR count). The lowest BCUT2D eigenvalue weighted by Gasteiger charge is -2.22. The first-order valence-electron chi connectivity index (χ1n) is 9.27. The molecule has 2 N–H and O–H groups in total. The molecule has 1 aromatic heterocycles. The van der Waals surface area contributed by atoms with Crippen molar-refractivity contribution < 1.29 is 14.3 Å². The zero-order valence-electron chi connectivity index (χ0n) is 15.5. The third-order valence-electron chi connectivity index (χ3n) is 4.69. The van der Waals surface area contributed by atoms with Crippen molar-refractivity contribution in [2.45, 2.75) is 18.9 Å². The van der Waals surface area contributed by atoms with E-state index in [2.05, 4.69) is 21.7 Å². The molecule has 1 atom stereocenters. The lowest BCUT2D eigenvalue weighted by molar-refractivity contribution is -0.122. The maximum Gasteiger partial charge on any atom is 0.270 e. The Morgan fingerprint density at radius 2 is 1.93 bits per heavy atom. The first-order valence-corrected chi connectivity index (χ1v) is 9.27. The number of ether oxygens (including phenoxy) is 1. The molecule has 1 aliphatic heterocycles. The zero-order chi connectivity index (χ0) is 20.2. The number of carbonyl (C=O) groups excluding carboxylic acids is 2. The largest absolute Gasteiger partial charge is 0.457 e. The van der Waals surface area contributed by atoms with Gasteiger partial charge in [0.15, 0.2) is 0 Å². The number of fused-ring (bicyclic) bond motifs is 1. The lowest BCUT2D eigenvalue weighted by atomic mass is 10.1. The average molecular weight is 386 g/mol. The monoisotopic (exact) mass is 386 g/mol.